The second-order valence-electron chi connectivity index (χ2n) is 4.38. The van der Waals surface area contributed by atoms with E-state index in [2.05, 4.69) is 5.10 Å². The average Bonchev–Trinajstić information content (AvgIpc) is 2.74. The zero-order valence-corrected chi connectivity index (χ0v) is 10.6. The zero-order chi connectivity index (χ0) is 14.2. The summed E-state index contributed by atoms with van der Waals surface area (Å²) >= 11 is 0. The summed E-state index contributed by atoms with van der Waals surface area (Å²) in [5, 5.41) is 5.60. The van der Waals surface area contributed by atoms with Gasteiger partial charge in [0.15, 0.2) is 0 Å². The number of anilines is 1. The maximum atomic E-state index is 12.7. The van der Waals surface area contributed by atoms with Crippen molar-refractivity contribution in [3.05, 3.63) is 66.2 Å². The fourth-order valence-electron chi connectivity index (χ4n) is 2.19. The van der Waals surface area contributed by atoms with Crippen LogP contribution in [-0.2, 0) is 4.79 Å². The Kier molecular flexibility index (Phi) is 2.59. The third kappa shape index (κ3) is 2.03. The van der Waals surface area contributed by atoms with E-state index >= 15 is 0 Å². The van der Waals surface area contributed by atoms with Crippen molar-refractivity contribution in [1.29, 1.82) is 0 Å². The molecule has 1 aliphatic heterocycles. The summed E-state index contributed by atoms with van der Waals surface area (Å²) < 4.78 is 8.59. The van der Waals surface area contributed by atoms with Crippen LogP contribution < -0.4 is 5.01 Å². The second-order valence-corrected chi connectivity index (χ2v) is 4.38. The highest BCUT2D eigenvalue weighted by atomic mass is 16.2. The maximum Gasteiger partial charge on any atom is 0.260 e. The number of hydrogen-bond acceptors (Lipinski definition) is 2. The predicted molar refractivity (Wildman–Crippen MR) is 76.2 cm³/mol. The Balaban J connectivity index is 2.05. The molecule has 3 rings (SSSR count). The highest BCUT2D eigenvalue weighted by Gasteiger charge is 2.35. The Morgan fingerprint density at radius 2 is 1.63 bits per heavy atom. The minimum absolute atomic E-state index is 0.340. The van der Waals surface area contributed by atoms with E-state index in [4.69, 9.17) is 1.37 Å². The lowest BCUT2D eigenvalue weighted by atomic mass is 9.95. The molecule has 3 heteroatoms. The standard InChI is InChI=1S/C16H14N2O/c1-12-15(13-8-4-2-5-9-13)16(19)18(17-12)14-10-6-3-7-11-14/h2-11,15H,1H3/i15D. The summed E-state index contributed by atoms with van der Waals surface area (Å²) in [4.78, 5) is 12.7. The van der Waals surface area contributed by atoms with Gasteiger partial charge in [-0.25, -0.2) is 0 Å². The molecule has 1 unspecified atom stereocenters. The van der Waals surface area contributed by atoms with Crippen LogP contribution >= 0.6 is 0 Å². The van der Waals surface area contributed by atoms with E-state index in [1.807, 2.05) is 48.5 Å². The first-order valence-electron chi connectivity index (χ1n) is 6.65. The third-order valence-corrected chi connectivity index (χ3v) is 3.08. The van der Waals surface area contributed by atoms with Crippen molar-refractivity contribution < 1.29 is 6.17 Å². The molecule has 94 valence electrons. The smallest absolute Gasteiger partial charge is 0.260 e. The molecule has 1 heterocycles. The monoisotopic (exact) mass is 251 g/mol. The first-order valence-corrected chi connectivity index (χ1v) is 6.15. The van der Waals surface area contributed by atoms with Crippen molar-refractivity contribution in [1.82, 2.24) is 0 Å². The van der Waals surface area contributed by atoms with Crippen LogP contribution in [0.4, 0.5) is 5.69 Å². The largest absolute Gasteiger partial charge is 0.271 e. The van der Waals surface area contributed by atoms with Gasteiger partial charge in [0, 0.05) is 0 Å². The van der Waals surface area contributed by atoms with E-state index in [0.29, 0.717) is 17.0 Å². The summed E-state index contributed by atoms with van der Waals surface area (Å²) in [5.74, 6) is -1.77. The number of nitrogens with zero attached hydrogens (tertiary/aromatic N) is 2. The van der Waals surface area contributed by atoms with Gasteiger partial charge in [-0.05, 0) is 24.6 Å². The molecular weight excluding hydrogens is 236 g/mol. The molecule has 1 aliphatic rings. The van der Waals surface area contributed by atoms with Crippen LogP contribution in [0.3, 0.4) is 0 Å². The van der Waals surface area contributed by atoms with Crippen molar-refractivity contribution in [3.8, 4) is 0 Å². The van der Waals surface area contributed by atoms with E-state index in [1.54, 1.807) is 19.1 Å². The van der Waals surface area contributed by atoms with Gasteiger partial charge in [-0.15, -0.1) is 0 Å². The fourth-order valence-corrected chi connectivity index (χ4v) is 2.19. The molecule has 0 saturated carbocycles. The van der Waals surface area contributed by atoms with E-state index in [1.165, 1.54) is 5.01 Å². The van der Waals surface area contributed by atoms with Crippen LogP contribution in [0.25, 0.3) is 0 Å². The molecule has 0 bridgehead atoms. The summed E-state index contributed by atoms with van der Waals surface area (Å²) in [6, 6.07) is 18.3. The fraction of sp³-hybridized carbons (Fsp3) is 0.125. The van der Waals surface area contributed by atoms with Gasteiger partial charge >= 0.3 is 0 Å². The number of para-hydroxylation sites is 1. The molecule has 0 aromatic heterocycles. The third-order valence-electron chi connectivity index (χ3n) is 3.08. The molecule has 2 aromatic carbocycles. The van der Waals surface area contributed by atoms with Gasteiger partial charge in [-0.2, -0.15) is 10.1 Å². The average molecular weight is 251 g/mol. The number of hydrazone groups is 1. The molecule has 3 nitrogen and oxygen atoms in total. The van der Waals surface area contributed by atoms with Crippen LogP contribution in [-0.4, -0.2) is 11.6 Å². The van der Waals surface area contributed by atoms with Gasteiger partial charge in [-0.1, -0.05) is 48.5 Å². The van der Waals surface area contributed by atoms with Crippen molar-refractivity contribution in [2.24, 2.45) is 5.10 Å². The van der Waals surface area contributed by atoms with Crippen molar-refractivity contribution in [2.45, 2.75) is 12.8 Å². The first-order chi connectivity index (χ1) is 9.64. The molecule has 1 amide bonds. The lowest BCUT2D eigenvalue weighted by molar-refractivity contribution is -0.118. The number of hydrogen-bond donors (Lipinski definition) is 0. The topological polar surface area (TPSA) is 32.7 Å². The number of carbonyl (C=O) groups excluding carboxylic acids is 1. The lowest BCUT2D eigenvalue weighted by Crippen LogP contribution is -2.25. The van der Waals surface area contributed by atoms with E-state index in [0.717, 1.165) is 0 Å². The molecule has 0 radical (unpaired) electrons. The Morgan fingerprint density at radius 3 is 2.26 bits per heavy atom. The first kappa shape index (κ1) is 10.5. The van der Waals surface area contributed by atoms with E-state index in [9.17, 15) is 4.79 Å². The van der Waals surface area contributed by atoms with Crippen molar-refractivity contribution in [3.63, 3.8) is 0 Å². The molecule has 19 heavy (non-hydrogen) atoms. The number of carbonyl (C=O) groups is 1. The quantitative estimate of drug-likeness (QED) is 0.806. The van der Waals surface area contributed by atoms with Gasteiger partial charge in [0.05, 0.1) is 12.8 Å². The van der Waals surface area contributed by atoms with E-state index in [-0.39, 0.29) is 5.91 Å². The summed E-state index contributed by atoms with van der Waals surface area (Å²) in [7, 11) is 0. The van der Waals surface area contributed by atoms with Crippen LogP contribution in [0.1, 0.15) is 19.8 Å². The normalized spacial score (nSPS) is 23.2. The van der Waals surface area contributed by atoms with Crippen molar-refractivity contribution in [2.75, 3.05) is 5.01 Å². The molecule has 0 aliphatic carbocycles. The number of benzene rings is 2. The summed E-state index contributed by atoms with van der Waals surface area (Å²) in [6.45, 7) is 1.72. The number of rotatable bonds is 2. The van der Waals surface area contributed by atoms with Gasteiger partial charge in [0.1, 0.15) is 5.89 Å². The van der Waals surface area contributed by atoms with Crippen LogP contribution in [0.5, 0.6) is 0 Å². The van der Waals surface area contributed by atoms with Gasteiger partial charge in [0.2, 0.25) is 0 Å². The number of amides is 1. The summed E-state index contributed by atoms with van der Waals surface area (Å²) in [6.07, 6.45) is 0. The molecule has 1 atom stereocenters. The lowest BCUT2D eigenvalue weighted by Gasteiger charge is -2.14. The van der Waals surface area contributed by atoms with Crippen molar-refractivity contribution >= 4 is 17.3 Å². The molecular formula is C16H14N2O. The minimum Gasteiger partial charge on any atom is -0.271 e. The Morgan fingerprint density at radius 1 is 1.05 bits per heavy atom. The maximum absolute atomic E-state index is 12.7. The van der Waals surface area contributed by atoms with Crippen LogP contribution in [0.2, 0.25) is 0 Å². The molecule has 0 fully saturated rings. The zero-order valence-electron chi connectivity index (χ0n) is 11.6. The van der Waals surface area contributed by atoms with Crippen LogP contribution in [0, 0.1) is 0 Å². The molecule has 0 spiro atoms. The molecule has 0 saturated heterocycles. The van der Waals surface area contributed by atoms with E-state index < -0.39 is 5.89 Å². The Labute approximate surface area is 113 Å². The van der Waals surface area contributed by atoms with Gasteiger partial charge < -0.3 is 0 Å². The van der Waals surface area contributed by atoms with Gasteiger partial charge in [0.25, 0.3) is 5.91 Å². The Hall–Kier alpha value is -2.42. The highest BCUT2D eigenvalue weighted by Crippen LogP contribution is 2.29. The van der Waals surface area contributed by atoms with Gasteiger partial charge in [-0.3, -0.25) is 4.79 Å². The van der Waals surface area contributed by atoms with Crippen LogP contribution in [0.15, 0.2) is 65.8 Å². The summed E-state index contributed by atoms with van der Waals surface area (Å²) in [5.41, 5.74) is 1.81. The minimum atomic E-state index is -1.43. The highest BCUT2D eigenvalue weighted by molar-refractivity contribution is 6.18. The molecule has 0 N–H and O–H groups in total. The SMILES string of the molecule is [2H]C1(c2ccccc2)C(=O)N(c2ccccc2)N=C1C. The molecule has 2 aromatic rings. The second kappa shape index (κ2) is 4.69. The Bertz CT molecular complexity index is 669. The predicted octanol–water partition coefficient (Wildman–Crippen LogP) is 3.19.